The van der Waals surface area contributed by atoms with Crippen molar-refractivity contribution in [2.45, 2.75) is 19.3 Å². The normalized spacial score (nSPS) is 22.2. The third kappa shape index (κ3) is 2.43. The summed E-state index contributed by atoms with van der Waals surface area (Å²) in [4.78, 5) is 6.41. The van der Waals surface area contributed by atoms with Crippen LogP contribution < -0.4 is 9.64 Å². The lowest BCUT2D eigenvalue weighted by atomic mass is 9.98. The second-order valence-corrected chi connectivity index (χ2v) is 7.41. The van der Waals surface area contributed by atoms with Gasteiger partial charge in [0.05, 0.1) is 18.3 Å². The van der Waals surface area contributed by atoms with Gasteiger partial charge in [-0.1, -0.05) is 0 Å². The van der Waals surface area contributed by atoms with Crippen LogP contribution in [0, 0.1) is 17.7 Å². The Balaban J connectivity index is 1.58. The van der Waals surface area contributed by atoms with E-state index in [0.717, 1.165) is 36.0 Å². The monoisotopic (exact) mass is 352 g/mol. The van der Waals surface area contributed by atoms with E-state index in [2.05, 4.69) is 21.0 Å². The zero-order chi connectivity index (χ0) is 17.7. The highest BCUT2D eigenvalue weighted by Crippen LogP contribution is 2.39. The number of rotatable bonds is 3. The van der Waals surface area contributed by atoms with Crippen LogP contribution in [0.25, 0.3) is 16.6 Å². The van der Waals surface area contributed by atoms with E-state index in [9.17, 15) is 4.39 Å². The molecule has 1 aliphatic heterocycles. The number of piperidine rings is 1. The van der Waals surface area contributed by atoms with E-state index in [-0.39, 0.29) is 5.88 Å². The Labute approximate surface area is 151 Å². The largest absolute Gasteiger partial charge is 0.479 e. The number of anilines is 1. The predicted octanol–water partition coefficient (Wildman–Crippen LogP) is 3.78. The van der Waals surface area contributed by atoms with Gasteiger partial charge in [-0.3, -0.25) is 0 Å². The molecule has 0 radical (unpaired) electrons. The Bertz CT molecular complexity index is 958. The lowest BCUT2D eigenvalue weighted by Gasteiger charge is -2.33. The number of methoxy groups -OCH3 is 1. The lowest BCUT2D eigenvalue weighted by Crippen LogP contribution is -2.36. The second-order valence-electron chi connectivity index (χ2n) is 7.41. The Morgan fingerprint density at radius 2 is 1.96 bits per heavy atom. The van der Waals surface area contributed by atoms with Gasteiger partial charge in [0, 0.05) is 42.8 Å². The molecule has 0 amide bonds. The number of halogens is 1. The minimum atomic E-state index is -0.441. The zero-order valence-electron chi connectivity index (χ0n) is 14.7. The molecule has 1 aliphatic carbocycles. The van der Waals surface area contributed by atoms with E-state index in [1.54, 1.807) is 12.3 Å². The van der Waals surface area contributed by atoms with Crippen molar-refractivity contribution >= 4 is 11.2 Å². The standard InChI is InChI=1S/C20H21FN4O/c1-26-20-19(21)16(4-6-22-20)15-9-18-17(5-7-23-25(18)12-15)24-10-13-2-3-14(8-13)11-24/h4-7,9,12-14H,2-3,8,10-11H2,1H3. The third-order valence-electron chi connectivity index (χ3n) is 5.80. The fourth-order valence-corrected chi connectivity index (χ4v) is 4.61. The predicted molar refractivity (Wildman–Crippen MR) is 98.0 cm³/mol. The molecule has 3 aromatic rings. The van der Waals surface area contributed by atoms with Gasteiger partial charge in [0.15, 0.2) is 5.82 Å². The van der Waals surface area contributed by atoms with Crippen LogP contribution in [-0.2, 0) is 0 Å². The third-order valence-corrected chi connectivity index (χ3v) is 5.80. The van der Waals surface area contributed by atoms with E-state index in [0.29, 0.717) is 5.56 Å². The first-order valence-electron chi connectivity index (χ1n) is 9.14. The molecule has 2 atom stereocenters. The van der Waals surface area contributed by atoms with Crippen molar-refractivity contribution in [2.75, 3.05) is 25.1 Å². The number of fused-ring (bicyclic) bond motifs is 3. The van der Waals surface area contributed by atoms with Crippen LogP contribution >= 0.6 is 0 Å². The number of ether oxygens (including phenoxy) is 1. The molecule has 2 aliphatic rings. The summed E-state index contributed by atoms with van der Waals surface area (Å²) in [5, 5.41) is 4.43. The van der Waals surface area contributed by atoms with Crippen molar-refractivity contribution < 1.29 is 9.13 Å². The molecule has 26 heavy (non-hydrogen) atoms. The minimum Gasteiger partial charge on any atom is -0.479 e. The molecule has 2 fully saturated rings. The summed E-state index contributed by atoms with van der Waals surface area (Å²) in [7, 11) is 1.43. The van der Waals surface area contributed by atoms with Crippen LogP contribution in [0.4, 0.5) is 10.1 Å². The molecule has 1 saturated heterocycles. The van der Waals surface area contributed by atoms with E-state index < -0.39 is 5.82 Å². The molecule has 2 unspecified atom stereocenters. The molecule has 134 valence electrons. The molecule has 0 spiro atoms. The van der Waals surface area contributed by atoms with Crippen molar-refractivity contribution in [3.63, 3.8) is 0 Å². The number of hydrogen-bond acceptors (Lipinski definition) is 4. The summed E-state index contributed by atoms with van der Waals surface area (Å²) in [6.07, 6.45) is 9.32. The van der Waals surface area contributed by atoms with Crippen molar-refractivity contribution in [2.24, 2.45) is 11.8 Å². The van der Waals surface area contributed by atoms with E-state index >= 15 is 0 Å². The van der Waals surface area contributed by atoms with Gasteiger partial charge < -0.3 is 9.64 Å². The molecule has 0 N–H and O–H groups in total. The van der Waals surface area contributed by atoms with Gasteiger partial charge in [0.25, 0.3) is 5.88 Å². The van der Waals surface area contributed by atoms with Crippen LogP contribution in [-0.4, -0.2) is 34.8 Å². The number of nitrogens with zero attached hydrogens (tertiary/aromatic N) is 4. The first-order valence-corrected chi connectivity index (χ1v) is 9.14. The molecule has 4 heterocycles. The summed E-state index contributed by atoms with van der Waals surface area (Å²) in [5.74, 6) is 1.18. The highest BCUT2D eigenvalue weighted by atomic mass is 19.1. The summed E-state index contributed by atoms with van der Waals surface area (Å²) in [6, 6.07) is 5.76. The Morgan fingerprint density at radius 1 is 1.15 bits per heavy atom. The topological polar surface area (TPSA) is 42.7 Å². The fourth-order valence-electron chi connectivity index (χ4n) is 4.61. The second kappa shape index (κ2) is 5.97. The van der Waals surface area contributed by atoms with Crippen molar-refractivity contribution in [1.29, 1.82) is 0 Å². The smallest absolute Gasteiger partial charge is 0.250 e. The van der Waals surface area contributed by atoms with Gasteiger partial charge in [0.1, 0.15) is 0 Å². The quantitative estimate of drug-likeness (QED) is 0.719. The highest BCUT2D eigenvalue weighted by Gasteiger charge is 2.33. The van der Waals surface area contributed by atoms with Gasteiger partial charge >= 0.3 is 0 Å². The van der Waals surface area contributed by atoms with Crippen LogP contribution in [0.1, 0.15) is 19.3 Å². The summed E-state index contributed by atoms with van der Waals surface area (Å²) < 4.78 is 21.5. The van der Waals surface area contributed by atoms with E-state index in [4.69, 9.17) is 4.74 Å². The number of hydrogen-bond donors (Lipinski definition) is 0. The molecule has 5 nitrogen and oxygen atoms in total. The van der Waals surface area contributed by atoms with Gasteiger partial charge in [-0.15, -0.1) is 0 Å². The number of pyridine rings is 1. The minimum absolute atomic E-state index is 0.0125. The molecule has 1 saturated carbocycles. The van der Waals surface area contributed by atoms with Crippen molar-refractivity contribution in [1.82, 2.24) is 14.6 Å². The zero-order valence-corrected chi connectivity index (χ0v) is 14.7. The van der Waals surface area contributed by atoms with Crippen molar-refractivity contribution in [3.05, 3.63) is 42.6 Å². The molecule has 6 heteroatoms. The first kappa shape index (κ1) is 15.6. The summed E-state index contributed by atoms with van der Waals surface area (Å²) in [6.45, 7) is 2.21. The Kier molecular flexibility index (Phi) is 3.58. The van der Waals surface area contributed by atoms with E-state index in [1.807, 2.05) is 23.0 Å². The van der Waals surface area contributed by atoms with Gasteiger partial charge in [-0.05, 0) is 49.3 Å². The average molecular weight is 352 g/mol. The fraction of sp³-hybridized carbons (Fsp3) is 0.400. The van der Waals surface area contributed by atoms with Crippen LogP contribution in [0.15, 0.2) is 36.8 Å². The SMILES string of the molecule is COc1nccc(-c2cc3c(N4CC5CCC(C5)C4)ccnn3c2)c1F. The van der Waals surface area contributed by atoms with Crippen LogP contribution in [0.3, 0.4) is 0 Å². The van der Waals surface area contributed by atoms with Gasteiger partial charge in [0.2, 0.25) is 0 Å². The van der Waals surface area contributed by atoms with Gasteiger partial charge in [-0.25, -0.2) is 13.9 Å². The maximum atomic E-state index is 14.6. The maximum Gasteiger partial charge on any atom is 0.250 e. The maximum absolute atomic E-state index is 14.6. The number of aromatic nitrogens is 3. The average Bonchev–Trinajstić information content (AvgIpc) is 3.24. The van der Waals surface area contributed by atoms with Crippen LogP contribution in [0.2, 0.25) is 0 Å². The van der Waals surface area contributed by atoms with Crippen LogP contribution in [0.5, 0.6) is 5.88 Å². The van der Waals surface area contributed by atoms with Crippen molar-refractivity contribution in [3.8, 4) is 17.0 Å². The highest BCUT2D eigenvalue weighted by molar-refractivity contribution is 5.80. The summed E-state index contributed by atoms with van der Waals surface area (Å²) >= 11 is 0. The van der Waals surface area contributed by atoms with Gasteiger partial charge in [-0.2, -0.15) is 5.10 Å². The molecular formula is C20H21FN4O. The summed E-state index contributed by atoms with van der Waals surface area (Å²) in [5.41, 5.74) is 3.46. The lowest BCUT2D eigenvalue weighted by molar-refractivity contribution is 0.370. The first-order chi connectivity index (χ1) is 12.7. The molecule has 0 aromatic carbocycles. The molecule has 5 rings (SSSR count). The Morgan fingerprint density at radius 3 is 2.73 bits per heavy atom. The molecule has 3 aromatic heterocycles. The molecular weight excluding hydrogens is 331 g/mol. The van der Waals surface area contributed by atoms with E-state index in [1.165, 1.54) is 32.1 Å². The Hall–Kier alpha value is -2.63. The molecule has 2 bridgehead atoms.